The molecule has 2 aromatic rings. The molecule has 8 unspecified atom stereocenters. The van der Waals surface area contributed by atoms with Crippen LogP contribution < -0.4 is 10.6 Å². The first-order valence-electron chi connectivity index (χ1n) is 18.3. The van der Waals surface area contributed by atoms with Gasteiger partial charge in [0.15, 0.2) is 0 Å². The summed E-state index contributed by atoms with van der Waals surface area (Å²) < 4.78 is 0. The molecule has 8 atom stereocenters. The molecule has 8 aliphatic rings. The molecule has 2 aliphatic carbocycles. The van der Waals surface area contributed by atoms with E-state index >= 15 is 0 Å². The van der Waals surface area contributed by atoms with E-state index in [1.807, 2.05) is 0 Å². The highest BCUT2D eigenvalue weighted by Gasteiger charge is 2.67. The van der Waals surface area contributed by atoms with Crippen LogP contribution in [0.25, 0.3) is 0 Å². The zero-order valence-electron chi connectivity index (χ0n) is 26.7. The Morgan fingerprint density at radius 3 is 1.58 bits per heavy atom. The largest absolute Gasteiger partial charge is 0.377 e. The Labute approximate surface area is 259 Å². The number of hydrogen-bond donors (Lipinski definition) is 2. The Morgan fingerprint density at radius 2 is 1.12 bits per heavy atom. The third-order valence-electron chi connectivity index (χ3n) is 15.4. The topological polar surface area (TPSA) is 30.5 Å². The van der Waals surface area contributed by atoms with E-state index in [4.69, 9.17) is 0 Å². The number of nitrogens with zero attached hydrogens (tertiary/aromatic N) is 2. The van der Waals surface area contributed by atoms with Gasteiger partial charge in [0.1, 0.15) is 0 Å². The first-order valence-corrected chi connectivity index (χ1v) is 18.3. The Morgan fingerprint density at radius 1 is 0.628 bits per heavy atom. The van der Waals surface area contributed by atoms with Gasteiger partial charge in [0.25, 0.3) is 0 Å². The molecule has 0 bridgehead atoms. The second-order valence-electron chi connectivity index (χ2n) is 16.5. The lowest BCUT2D eigenvalue weighted by Gasteiger charge is -2.56. The summed E-state index contributed by atoms with van der Waals surface area (Å²) >= 11 is 0. The van der Waals surface area contributed by atoms with E-state index in [1.54, 1.807) is 11.1 Å². The highest BCUT2D eigenvalue weighted by atomic mass is 15.3. The van der Waals surface area contributed by atoms with Gasteiger partial charge in [-0.1, -0.05) is 38.1 Å². The van der Waals surface area contributed by atoms with Gasteiger partial charge in [-0.3, -0.25) is 9.80 Å². The summed E-state index contributed by atoms with van der Waals surface area (Å²) in [4.78, 5) is 5.82. The van der Waals surface area contributed by atoms with Crippen molar-refractivity contribution in [2.75, 3.05) is 36.8 Å². The average molecular weight is 577 g/mol. The SMILES string of the molecule is CCC12CCCN3CCC4c5cc(Cc6ccc7c(c6)C6CCN8CCCC9(CC)CCC6(N7)C89)ccc5NC4(CC1)C32. The molecular formula is C39H52N4. The fraction of sp³-hybridized carbons (Fsp3) is 0.692. The second kappa shape index (κ2) is 8.81. The number of benzene rings is 2. The van der Waals surface area contributed by atoms with Crippen LogP contribution in [0.15, 0.2) is 36.4 Å². The molecule has 6 aliphatic heterocycles. The molecule has 0 radical (unpaired) electrons. The fourth-order valence-corrected chi connectivity index (χ4v) is 13.7. The van der Waals surface area contributed by atoms with Gasteiger partial charge in [-0.05, 0) is 155 Å². The van der Waals surface area contributed by atoms with Crippen molar-refractivity contribution in [3.63, 3.8) is 0 Å². The lowest BCUT2D eigenvalue weighted by atomic mass is 9.64. The molecule has 0 amide bonds. The van der Waals surface area contributed by atoms with E-state index in [-0.39, 0.29) is 11.1 Å². The highest BCUT2D eigenvalue weighted by molar-refractivity contribution is 5.67. The second-order valence-corrected chi connectivity index (χ2v) is 16.5. The number of piperidine rings is 4. The zero-order valence-corrected chi connectivity index (χ0v) is 26.7. The molecule has 2 spiro atoms. The molecule has 4 heteroatoms. The molecule has 6 heterocycles. The van der Waals surface area contributed by atoms with Gasteiger partial charge in [-0.15, -0.1) is 0 Å². The number of fused-ring (bicyclic) bond motifs is 4. The number of anilines is 2. The predicted octanol–water partition coefficient (Wildman–Crippen LogP) is 7.89. The maximum Gasteiger partial charge on any atom is 0.0603 e. The maximum absolute atomic E-state index is 4.25. The molecule has 228 valence electrons. The van der Waals surface area contributed by atoms with Crippen LogP contribution in [0.1, 0.15) is 125 Å². The number of nitrogens with one attached hydrogen (secondary N) is 2. The fourth-order valence-electron chi connectivity index (χ4n) is 13.7. The van der Waals surface area contributed by atoms with Crippen molar-refractivity contribution < 1.29 is 0 Å². The summed E-state index contributed by atoms with van der Waals surface area (Å²) in [7, 11) is 0. The van der Waals surface area contributed by atoms with Gasteiger partial charge in [0, 0.05) is 35.3 Å². The van der Waals surface area contributed by atoms with Crippen molar-refractivity contribution in [1.82, 2.24) is 9.80 Å². The van der Waals surface area contributed by atoms with Gasteiger partial charge in [-0.2, -0.15) is 0 Å². The van der Waals surface area contributed by atoms with Gasteiger partial charge in [-0.25, -0.2) is 0 Å². The Balaban J connectivity index is 0.947. The van der Waals surface area contributed by atoms with Crippen LogP contribution in [0.5, 0.6) is 0 Å². The van der Waals surface area contributed by atoms with Crippen LogP contribution in [0.3, 0.4) is 0 Å². The molecule has 4 saturated heterocycles. The Bertz CT molecular complexity index is 1370. The van der Waals surface area contributed by atoms with Gasteiger partial charge < -0.3 is 10.6 Å². The molecule has 43 heavy (non-hydrogen) atoms. The van der Waals surface area contributed by atoms with Crippen LogP contribution in [0.2, 0.25) is 0 Å². The van der Waals surface area contributed by atoms with Crippen LogP contribution >= 0.6 is 0 Å². The molecule has 2 saturated carbocycles. The minimum atomic E-state index is 0.270. The van der Waals surface area contributed by atoms with E-state index in [9.17, 15) is 0 Å². The van der Waals surface area contributed by atoms with Gasteiger partial charge >= 0.3 is 0 Å². The summed E-state index contributed by atoms with van der Waals surface area (Å²) in [5.74, 6) is 1.36. The third kappa shape index (κ3) is 3.21. The minimum Gasteiger partial charge on any atom is -0.377 e. The number of rotatable bonds is 4. The minimum absolute atomic E-state index is 0.270. The van der Waals surface area contributed by atoms with E-state index < -0.39 is 0 Å². The summed E-state index contributed by atoms with van der Waals surface area (Å²) in [6.45, 7) is 10.2. The van der Waals surface area contributed by atoms with Crippen molar-refractivity contribution in [2.24, 2.45) is 10.8 Å². The Kier molecular flexibility index (Phi) is 5.37. The lowest BCUT2D eigenvalue weighted by Crippen LogP contribution is -2.65. The summed E-state index contributed by atoms with van der Waals surface area (Å²) in [6, 6.07) is 16.5. The highest BCUT2D eigenvalue weighted by Crippen LogP contribution is 2.66. The van der Waals surface area contributed by atoms with Crippen molar-refractivity contribution in [2.45, 2.75) is 132 Å². The quantitative estimate of drug-likeness (QED) is 0.388. The Hall–Kier alpha value is -2.04. The summed E-state index contributed by atoms with van der Waals surface area (Å²) in [6.07, 6.45) is 17.6. The molecule has 0 aromatic heterocycles. The van der Waals surface area contributed by atoms with Crippen LogP contribution in [0.4, 0.5) is 11.4 Å². The van der Waals surface area contributed by atoms with Crippen LogP contribution in [-0.2, 0) is 6.42 Å². The third-order valence-corrected chi connectivity index (χ3v) is 15.4. The molecule has 10 rings (SSSR count). The number of hydrogen-bond acceptors (Lipinski definition) is 4. The summed E-state index contributed by atoms with van der Waals surface area (Å²) in [5, 5.41) is 8.49. The summed E-state index contributed by atoms with van der Waals surface area (Å²) in [5.41, 5.74) is 10.8. The molecular weight excluding hydrogens is 524 g/mol. The zero-order chi connectivity index (χ0) is 28.6. The van der Waals surface area contributed by atoms with E-state index in [2.05, 4.69) is 70.7 Å². The van der Waals surface area contributed by atoms with E-state index in [0.717, 1.165) is 18.5 Å². The van der Waals surface area contributed by atoms with E-state index in [0.29, 0.717) is 22.7 Å². The maximum atomic E-state index is 4.25. The molecule has 6 fully saturated rings. The van der Waals surface area contributed by atoms with Gasteiger partial charge in [0.05, 0.1) is 11.1 Å². The standard InChI is InChI=1S/C39H52N4/c1-3-36-13-5-19-42-21-11-30-28-24-26(7-9-32(28)40-38(30,17-15-36)34(36)42)23-27-8-10-33-29(25-27)31-12-22-43-20-6-14-37(4-2)16-18-39(31,41-33)35(37)43/h7-10,24-25,30-31,34-35,40-41H,3-6,11-23H2,1-2H3. The van der Waals surface area contributed by atoms with E-state index in [1.165, 1.54) is 126 Å². The van der Waals surface area contributed by atoms with Crippen molar-refractivity contribution >= 4 is 11.4 Å². The van der Waals surface area contributed by atoms with Crippen molar-refractivity contribution in [1.29, 1.82) is 0 Å². The van der Waals surface area contributed by atoms with Crippen molar-refractivity contribution in [3.05, 3.63) is 58.7 Å². The van der Waals surface area contributed by atoms with Crippen LogP contribution in [0, 0.1) is 10.8 Å². The monoisotopic (exact) mass is 576 g/mol. The van der Waals surface area contributed by atoms with Crippen molar-refractivity contribution in [3.8, 4) is 0 Å². The average Bonchev–Trinajstić information content (AvgIpc) is 3.76. The first-order chi connectivity index (χ1) is 21.0. The lowest BCUT2D eigenvalue weighted by molar-refractivity contribution is -0.0196. The molecule has 4 nitrogen and oxygen atoms in total. The normalized spacial score (nSPS) is 43.6. The van der Waals surface area contributed by atoms with Crippen LogP contribution in [-0.4, -0.2) is 59.1 Å². The molecule has 2 aromatic carbocycles. The first kappa shape index (κ1) is 26.2. The predicted molar refractivity (Wildman–Crippen MR) is 176 cm³/mol. The van der Waals surface area contributed by atoms with Gasteiger partial charge in [0.2, 0.25) is 0 Å². The molecule has 2 N–H and O–H groups in total. The smallest absolute Gasteiger partial charge is 0.0603 e.